The van der Waals surface area contributed by atoms with Crippen molar-refractivity contribution in [2.45, 2.75) is 0 Å². The number of hydrogen-bond donors (Lipinski definition) is 1. The van der Waals surface area contributed by atoms with Crippen molar-refractivity contribution in [2.75, 3.05) is 27.1 Å². The summed E-state index contributed by atoms with van der Waals surface area (Å²) in [7, 11) is 1.61. The average Bonchev–Trinajstić information content (AvgIpc) is 2.05. The Balaban J connectivity index is 2.31. The minimum Gasteiger partial charge on any atom is -0.359 e. The highest BCUT2D eigenvalue weighted by atomic mass is 16.7. The first-order valence-corrected chi connectivity index (χ1v) is 3.21. The van der Waals surface area contributed by atoms with Crippen LogP contribution in [0.3, 0.4) is 0 Å². The molecule has 0 aromatic carbocycles. The molecule has 4 nitrogen and oxygen atoms in total. The molecule has 0 unspecified atom stereocenters. The zero-order valence-corrected chi connectivity index (χ0v) is 5.92. The van der Waals surface area contributed by atoms with Crippen molar-refractivity contribution < 1.29 is 14.3 Å². The third-order valence-electron chi connectivity index (χ3n) is 1.42. The first-order valence-electron chi connectivity index (χ1n) is 3.21. The van der Waals surface area contributed by atoms with Crippen molar-refractivity contribution in [2.24, 2.45) is 5.92 Å². The zero-order valence-electron chi connectivity index (χ0n) is 5.92. The van der Waals surface area contributed by atoms with Crippen molar-refractivity contribution in [3.8, 4) is 0 Å². The fourth-order valence-electron chi connectivity index (χ4n) is 0.843. The van der Waals surface area contributed by atoms with E-state index < -0.39 is 0 Å². The van der Waals surface area contributed by atoms with E-state index in [9.17, 15) is 4.79 Å². The van der Waals surface area contributed by atoms with Gasteiger partial charge in [0, 0.05) is 7.05 Å². The van der Waals surface area contributed by atoms with Gasteiger partial charge in [0.15, 0.2) is 0 Å². The summed E-state index contributed by atoms with van der Waals surface area (Å²) in [6, 6.07) is 0. The van der Waals surface area contributed by atoms with E-state index in [4.69, 9.17) is 9.47 Å². The Morgan fingerprint density at radius 3 is 2.60 bits per heavy atom. The maximum Gasteiger partial charge on any atom is 0.227 e. The molecule has 0 aromatic heterocycles. The molecule has 1 rings (SSSR count). The molecular weight excluding hydrogens is 134 g/mol. The number of carbonyl (C=O) groups excluding carboxylic acids is 1. The van der Waals surface area contributed by atoms with Crippen LogP contribution in [0.25, 0.3) is 0 Å². The molecule has 0 saturated carbocycles. The normalized spacial score (nSPS) is 20.5. The summed E-state index contributed by atoms with van der Waals surface area (Å²) < 4.78 is 9.84. The Kier molecular flexibility index (Phi) is 2.65. The van der Waals surface area contributed by atoms with E-state index in [0.717, 1.165) is 0 Å². The zero-order chi connectivity index (χ0) is 7.40. The Labute approximate surface area is 59.5 Å². The van der Waals surface area contributed by atoms with E-state index >= 15 is 0 Å². The third kappa shape index (κ3) is 1.68. The van der Waals surface area contributed by atoms with Crippen molar-refractivity contribution in [1.82, 2.24) is 5.32 Å². The standard InChI is InChI=1S/C6H11NO3/c1-7-6(8)5-2-9-4-10-3-5/h5H,2-4H2,1H3,(H,7,8). The largest absolute Gasteiger partial charge is 0.359 e. The summed E-state index contributed by atoms with van der Waals surface area (Å²) in [6.07, 6.45) is 0. The van der Waals surface area contributed by atoms with Crippen LogP contribution in [0, 0.1) is 5.92 Å². The molecule has 1 N–H and O–H groups in total. The van der Waals surface area contributed by atoms with E-state index in [1.54, 1.807) is 7.05 Å². The van der Waals surface area contributed by atoms with Crippen LogP contribution in [0.5, 0.6) is 0 Å². The summed E-state index contributed by atoms with van der Waals surface area (Å²) in [5.74, 6) is -0.140. The second-order valence-corrected chi connectivity index (χ2v) is 2.17. The molecule has 1 aliphatic heterocycles. The molecule has 0 bridgehead atoms. The molecule has 0 spiro atoms. The minimum absolute atomic E-state index is 0.0142. The van der Waals surface area contributed by atoms with Gasteiger partial charge in [-0.2, -0.15) is 0 Å². The SMILES string of the molecule is CNC(=O)C1COCOC1. The van der Waals surface area contributed by atoms with E-state index in [1.165, 1.54) is 0 Å². The quantitative estimate of drug-likeness (QED) is 0.533. The molecule has 0 aromatic rings. The fraction of sp³-hybridized carbons (Fsp3) is 0.833. The molecular formula is C6H11NO3. The molecule has 1 saturated heterocycles. The van der Waals surface area contributed by atoms with Gasteiger partial charge in [0.25, 0.3) is 0 Å². The number of ether oxygens (including phenoxy) is 2. The first kappa shape index (κ1) is 7.50. The number of nitrogens with one attached hydrogen (secondary N) is 1. The summed E-state index contributed by atoms with van der Waals surface area (Å²) >= 11 is 0. The van der Waals surface area contributed by atoms with Gasteiger partial charge in [0.1, 0.15) is 6.79 Å². The van der Waals surface area contributed by atoms with Gasteiger partial charge in [-0.15, -0.1) is 0 Å². The number of hydrogen-bond acceptors (Lipinski definition) is 3. The van der Waals surface area contributed by atoms with Crippen LogP contribution in [-0.4, -0.2) is 33.0 Å². The molecule has 1 amide bonds. The van der Waals surface area contributed by atoms with Crippen molar-refractivity contribution in [3.05, 3.63) is 0 Å². The van der Waals surface area contributed by atoms with Crippen LogP contribution in [0.1, 0.15) is 0 Å². The summed E-state index contributed by atoms with van der Waals surface area (Å²) in [6.45, 7) is 1.26. The highest BCUT2D eigenvalue weighted by molar-refractivity contribution is 5.78. The first-order chi connectivity index (χ1) is 4.84. The third-order valence-corrected chi connectivity index (χ3v) is 1.42. The van der Waals surface area contributed by atoms with Gasteiger partial charge in [0.2, 0.25) is 5.91 Å². The van der Waals surface area contributed by atoms with Gasteiger partial charge in [-0.25, -0.2) is 0 Å². The Hall–Kier alpha value is -0.610. The van der Waals surface area contributed by atoms with Crippen molar-refractivity contribution in [1.29, 1.82) is 0 Å². The van der Waals surface area contributed by atoms with Crippen LogP contribution >= 0.6 is 0 Å². The van der Waals surface area contributed by atoms with Crippen LogP contribution in [0.4, 0.5) is 0 Å². The number of rotatable bonds is 1. The Morgan fingerprint density at radius 2 is 2.10 bits per heavy atom. The maximum absolute atomic E-state index is 10.9. The van der Waals surface area contributed by atoms with Gasteiger partial charge in [-0.05, 0) is 0 Å². The fourth-order valence-corrected chi connectivity index (χ4v) is 0.843. The van der Waals surface area contributed by atoms with E-state index in [0.29, 0.717) is 20.0 Å². The number of amides is 1. The van der Waals surface area contributed by atoms with Crippen LogP contribution in [0.2, 0.25) is 0 Å². The van der Waals surface area contributed by atoms with E-state index in [2.05, 4.69) is 5.32 Å². The second kappa shape index (κ2) is 3.53. The van der Waals surface area contributed by atoms with Gasteiger partial charge in [-0.1, -0.05) is 0 Å². The topological polar surface area (TPSA) is 47.6 Å². The van der Waals surface area contributed by atoms with E-state index in [1.807, 2.05) is 0 Å². The summed E-state index contributed by atoms with van der Waals surface area (Å²) in [4.78, 5) is 10.9. The lowest BCUT2D eigenvalue weighted by atomic mass is 10.1. The molecule has 1 heterocycles. The van der Waals surface area contributed by atoms with Gasteiger partial charge in [0.05, 0.1) is 19.1 Å². The van der Waals surface area contributed by atoms with Crippen molar-refractivity contribution in [3.63, 3.8) is 0 Å². The summed E-state index contributed by atoms with van der Waals surface area (Å²) in [5, 5.41) is 2.54. The smallest absolute Gasteiger partial charge is 0.227 e. The van der Waals surface area contributed by atoms with Gasteiger partial charge < -0.3 is 14.8 Å². The van der Waals surface area contributed by atoms with Gasteiger partial charge in [-0.3, -0.25) is 4.79 Å². The Morgan fingerprint density at radius 1 is 1.50 bits per heavy atom. The molecule has 0 aliphatic carbocycles. The highest BCUT2D eigenvalue weighted by Gasteiger charge is 2.20. The van der Waals surface area contributed by atoms with Crippen LogP contribution in [0.15, 0.2) is 0 Å². The highest BCUT2D eigenvalue weighted by Crippen LogP contribution is 2.04. The second-order valence-electron chi connectivity index (χ2n) is 2.17. The number of carbonyl (C=O) groups is 1. The molecule has 0 radical (unpaired) electrons. The average molecular weight is 145 g/mol. The molecule has 1 aliphatic rings. The lowest BCUT2D eigenvalue weighted by Crippen LogP contribution is -2.37. The van der Waals surface area contributed by atoms with Gasteiger partial charge >= 0.3 is 0 Å². The summed E-state index contributed by atoms with van der Waals surface area (Å²) in [5.41, 5.74) is 0. The molecule has 1 fully saturated rings. The molecule has 0 atom stereocenters. The van der Waals surface area contributed by atoms with Crippen LogP contribution in [-0.2, 0) is 14.3 Å². The molecule has 4 heteroatoms. The monoisotopic (exact) mass is 145 g/mol. The Bertz CT molecular complexity index is 120. The minimum atomic E-state index is -0.126. The molecule has 10 heavy (non-hydrogen) atoms. The lowest BCUT2D eigenvalue weighted by molar-refractivity contribution is -0.151. The predicted octanol–water partition coefficient (Wildman–Crippen LogP) is -0.647. The van der Waals surface area contributed by atoms with Crippen LogP contribution < -0.4 is 5.32 Å². The lowest BCUT2D eigenvalue weighted by Gasteiger charge is -2.20. The van der Waals surface area contributed by atoms with Crippen molar-refractivity contribution >= 4 is 5.91 Å². The predicted molar refractivity (Wildman–Crippen MR) is 34.3 cm³/mol. The molecule has 58 valence electrons. The van der Waals surface area contributed by atoms with E-state index in [-0.39, 0.29) is 11.8 Å². The maximum atomic E-state index is 10.9.